The van der Waals surface area contributed by atoms with Crippen LogP contribution in [-0.2, 0) is 9.59 Å². The maximum atomic E-state index is 12.5. The molecule has 3 rings (SSSR count). The van der Waals surface area contributed by atoms with Crippen LogP contribution < -0.4 is 15.5 Å². The number of amides is 2. The van der Waals surface area contributed by atoms with Crippen molar-refractivity contribution in [3.05, 3.63) is 59.1 Å². The first-order valence-corrected chi connectivity index (χ1v) is 10.1. The highest BCUT2D eigenvalue weighted by Gasteiger charge is 2.30. The van der Waals surface area contributed by atoms with Gasteiger partial charge in [0.15, 0.2) is 5.17 Å². The first kappa shape index (κ1) is 20.9. The lowest BCUT2D eigenvalue weighted by molar-refractivity contribution is -0.123. The van der Waals surface area contributed by atoms with E-state index in [-0.39, 0.29) is 18.2 Å². The molecule has 2 amide bonds. The summed E-state index contributed by atoms with van der Waals surface area (Å²) in [6, 6.07) is 14.6. The van der Waals surface area contributed by atoms with E-state index in [9.17, 15) is 9.59 Å². The minimum absolute atomic E-state index is 0.0683. The predicted molar refractivity (Wildman–Crippen MR) is 120 cm³/mol. The number of carbonyl (C=O) groups is 2. The third kappa shape index (κ3) is 6.07. The molecule has 1 atom stereocenters. The van der Waals surface area contributed by atoms with Gasteiger partial charge in [-0.15, -0.1) is 5.10 Å². The zero-order chi connectivity index (χ0) is 20.8. The smallest absolute Gasteiger partial charge is 0.238 e. The molecule has 2 aromatic rings. The number of nitrogens with one attached hydrogen (secondary N) is 2. The Kier molecular flexibility index (Phi) is 6.90. The summed E-state index contributed by atoms with van der Waals surface area (Å²) >= 11 is 7.02. The van der Waals surface area contributed by atoms with Gasteiger partial charge >= 0.3 is 0 Å². The van der Waals surface area contributed by atoms with Crippen molar-refractivity contribution in [1.29, 1.82) is 0 Å². The van der Waals surface area contributed by atoms with Gasteiger partial charge in [0, 0.05) is 36.9 Å². The number of thioether (sulfide) groups is 1. The van der Waals surface area contributed by atoms with Crippen molar-refractivity contribution in [3.63, 3.8) is 0 Å². The van der Waals surface area contributed by atoms with Gasteiger partial charge in [0.25, 0.3) is 0 Å². The second kappa shape index (κ2) is 9.58. The van der Waals surface area contributed by atoms with Crippen molar-refractivity contribution in [1.82, 2.24) is 5.32 Å². The van der Waals surface area contributed by atoms with E-state index in [0.717, 1.165) is 11.3 Å². The van der Waals surface area contributed by atoms with Crippen LogP contribution in [0.25, 0.3) is 0 Å². The molecule has 2 aromatic carbocycles. The number of carbonyl (C=O) groups excluding carboxylic acids is 2. The third-order valence-electron chi connectivity index (χ3n) is 4.04. The number of hydrogen-bond donors (Lipinski definition) is 2. The average molecular weight is 430 g/mol. The van der Waals surface area contributed by atoms with Gasteiger partial charge in [-0.1, -0.05) is 35.5 Å². The summed E-state index contributed by atoms with van der Waals surface area (Å²) in [4.78, 5) is 26.4. The number of nitrogens with zero attached hydrogens (tertiary/aromatic N) is 3. The summed E-state index contributed by atoms with van der Waals surface area (Å²) < 4.78 is 0. The summed E-state index contributed by atoms with van der Waals surface area (Å²) in [7, 11) is 3.94. The largest absolute Gasteiger partial charge is 0.378 e. The maximum Gasteiger partial charge on any atom is 0.238 e. The van der Waals surface area contributed by atoms with Gasteiger partial charge in [0.05, 0.1) is 6.21 Å². The molecular weight excluding hydrogens is 410 g/mol. The van der Waals surface area contributed by atoms with E-state index in [1.54, 1.807) is 30.5 Å². The maximum absolute atomic E-state index is 12.5. The van der Waals surface area contributed by atoms with Crippen LogP contribution in [0.15, 0.2) is 58.7 Å². The molecule has 29 heavy (non-hydrogen) atoms. The molecule has 0 aromatic heterocycles. The van der Waals surface area contributed by atoms with Crippen molar-refractivity contribution in [2.75, 3.05) is 24.3 Å². The van der Waals surface area contributed by atoms with Crippen molar-refractivity contribution < 1.29 is 9.59 Å². The Balaban J connectivity index is 1.63. The van der Waals surface area contributed by atoms with Crippen LogP contribution in [0, 0.1) is 0 Å². The summed E-state index contributed by atoms with van der Waals surface area (Å²) in [5.41, 5.74) is 2.57. The Morgan fingerprint density at radius 1 is 1.21 bits per heavy atom. The van der Waals surface area contributed by atoms with E-state index >= 15 is 0 Å². The van der Waals surface area contributed by atoms with E-state index < -0.39 is 5.25 Å². The Hall–Kier alpha value is -2.84. The van der Waals surface area contributed by atoms with E-state index in [4.69, 9.17) is 11.6 Å². The van der Waals surface area contributed by atoms with Gasteiger partial charge in [-0.2, -0.15) is 5.10 Å². The lowest BCUT2D eigenvalue weighted by atomic mass is 10.2. The van der Waals surface area contributed by atoms with Gasteiger partial charge in [-0.3, -0.25) is 9.59 Å². The Morgan fingerprint density at radius 2 is 1.90 bits per heavy atom. The van der Waals surface area contributed by atoms with E-state index in [2.05, 4.69) is 20.8 Å². The van der Waals surface area contributed by atoms with Gasteiger partial charge in [-0.25, -0.2) is 0 Å². The first-order chi connectivity index (χ1) is 13.9. The van der Waals surface area contributed by atoms with Gasteiger partial charge in [0.2, 0.25) is 11.8 Å². The molecule has 1 saturated heterocycles. The minimum atomic E-state index is -0.590. The van der Waals surface area contributed by atoms with Crippen LogP contribution in [-0.4, -0.2) is 42.5 Å². The molecule has 0 saturated carbocycles. The number of rotatable bonds is 5. The monoisotopic (exact) mass is 429 g/mol. The molecule has 0 radical (unpaired) electrons. The summed E-state index contributed by atoms with van der Waals surface area (Å²) in [5.74, 6) is -0.549. The third-order valence-corrected chi connectivity index (χ3v) is 5.36. The lowest BCUT2D eigenvalue weighted by Crippen LogP contribution is -2.41. The Morgan fingerprint density at radius 3 is 2.55 bits per heavy atom. The second-order valence-electron chi connectivity index (χ2n) is 6.49. The van der Waals surface area contributed by atoms with Crippen molar-refractivity contribution >= 4 is 57.9 Å². The highest BCUT2D eigenvalue weighted by molar-refractivity contribution is 8.15. The fourth-order valence-corrected chi connectivity index (χ4v) is 3.57. The molecule has 0 aliphatic carbocycles. The molecule has 7 nitrogen and oxygen atoms in total. The average Bonchev–Trinajstić information content (AvgIpc) is 2.69. The molecule has 1 aliphatic rings. The fourth-order valence-electron chi connectivity index (χ4n) is 2.50. The molecular formula is C20H20ClN5O2S. The van der Waals surface area contributed by atoms with Crippen LogP contribution in [0.2, 0.25) is 5.02 Å². The van der Waals surface area contributed by atoms with Crippen LogP contribution >= 0.6 is 23.4 Å². The molecule has 0 spiro atoms. The predicted octanol–water partition coefficient (Wildman–Crippen LogP) is 3.36. The quantitative estimate of drug-likeness (QED) is 0.563. The second-order valence-corrected chi connectivity index (χ2v) is 8.12. The molecule has 1 fully saturated rings. The number of halogens is 1. The SMILES string of the molecule is CN(C)c1ccc(C=N/N=C2\NC(=O)C[C@@H](C(=O)Nc3ccc(Cl)cc3)S2)cc1. The zero-order valence-corrected chi connectivity index (χ0v) is 17.5. The molecule has 1 aliphatic heterocycles. The summed E-state index contributed by atoms with van der Waals surface area (Å²) in [6.07, 6.45) is 1.66. The van der Waals surface area contributed by atoms with Crippen LogP contribution in [0.5, 0.6) is 0 Å². The summed E-state index contributed by atoms with van der Waals surface area (Å²) in [5, 5.41) is 13.8. The van der Waals surface area contributed by atoms with Crippen molar-refractivity contribution in [3.8, 4) is 0 Å². The number of hydrogen-bond acceptors (Lipinski definition) is 6. The summed E-state index contributed by atoms with van der Waals surface area (Å²) in [6.45, 7) is 0. The fraction of sp³-hybridized carbons (Fsp3) is 0.200. The normalized spacial score (nSPS) is 18.0. The molecule has 150 valence electrons. The Bertz CT molecular complexity index is 942. The van der Waals surface area contributed by atoms with Gasteiger partial charge < -0.3 is 15.5 Å². The highest BCUT2D eigenvalue weighted by atomic mass is 35.5. The van der Waals surface area contributed by atoms with Gasteiger partial charge in [0.1, 0.15) is 5.25 Å². The van der Waals surface area contributed by atoms with E-state index in [0.29, 0.717) is 15.9 Å². The molecule has 9 heteroatoms. The van der Waals surface area contributed by atoms with Crippen LogP contribution in [0.1, 0.15) is 12.0 Å². The number of benzene rings is 2. The van der Waals surface area contributed by atoms with Crippen molar-refractivity contribution in [2.45, 2.75) is 11.7 Å². The standard InChI is InChI=1S/C20H20ClN5O2S/c1-26(2)16-9-3-13(4-10-16)12-22-25-20-24-18(27)11-17(29-20)19(28)23-15-7-5-14(21)6-8-15/h3-10,12,17H,11H2,1-2H3,(H,23,28)(H,24,25,27)/t17-/m0/s1. The number of amidine groups is 1. The highest BCUT2D eigenvalue weighted by Crippen LogP contribution is 2.23. The Labute approximate surface area is 178 Å². The first-order valence-electron chi connectivity index (χ1n) is 8.82. The molecule has 0 unspecified atom stereocenters. The number of anilines is 2. The van der Waals surface area contributed by atoms with Crippen LogP contribution in [0.4, 0.5) is 11.4 Å². The van der Waals surface area contributed by atoms with Gasteiger partial charge in [-0.05, 0) is 42.0 Å². The van der Waals surface area contributed by atoms with E-state index in [1.165, 1.54) is 11.8 Å². The van der Waals surface area contributed by atoms with E-state index in [1.807, 2.05) is 43.3 Å². The van der Waals surface area contributed by atoms with Crippen LogP contribution in [0.3, 0.4) is 0 Å². The topological polar surface area (TPSA) is 86.2 Å². The molecule has 2 N–H and O–H groups in total. The molecule has 0 bridgehead atoms. The van der Waals surface area contributed by atoms with Crippen molar-refractivity contribution in [2.24, 2.45) is 10.2 Å². The lowest BCUT2D eigenvalue weighted by Gasteiger charge is -2.21. The zero-order valence-electron chi connectivity index (χ0n) is 15.9. The molecule has 1 heterocycles. The minimum Gasteiger partial charge on any atom is -0.378 e.